The number of para-hydroxylation sites is 1. The Morgan fingerprint density at radius 2 is 1.72 bits per heavy atom. The summed E-state index contributed by atoms with van der Waals surface area (Å²) in [5, 5.41) is 13.8. The number of aromatic nitrogens is 1. The fourth-order valence-electron chi connectivity index (χ4n) is 3.91. The maximum absolute atomic E-state index is 13.2. The van der Waals surface area contributed by atoms with Gasteiger partial charge in [0.1, 0.15) is 0 Å². The molecule has 0 aliphatic rings. The summed E-state index contributed by atoms with van der Waals surface area (Å²) in [7, 11) is 0. The number of nitrogens with one attached hydrogen (secondary N) is 1. The number of halogens is 1. The van der Waals surface area contributed by atoms with E-state index < -0.39 is 5.97 Å². The Labute approximate surface area is 191 Å². The van der Waals surface area contributed by atoms with Crippen LogP contribution < -0.4 is 5.32 Å². The van der Waals surface area contributed by atoms with E-state index in [4.69, 9.17) is 16.7 Å². The summed E-state index contributed by atoms with van der Waals surface area (Å²) in [5.74, 6) is -1.15. The average Bonchev–Trinajstić information content (AvgIpc) is 3.10. The topological polar surface area (TPSA) is 71.3 Å². The van der Waals surface area contributed by atoms with Crippen LogP contribution in [0.25, 0.3) is 10.9 Å². The summed E-state index contributed by atoms with van der Waals surface area (Å²) in [6.07, 6.45) is 2.06. The van der Waals surface area contributed by atoms with Crippen molar-refractivity contribution in [1.82, 2.24) is 9.88 Å². The lowest BCUT2D eigenvalue weighted by atomic mass is 10.0. The third-order valence-corrected chi connectivity index (χ3v) is 5.87. The Bertz CT molecular complexity index is 1290. The molecule has 0 aliphatic carbocycles. The number of hydrogen-bond acceptors (Lipinski definition) is 2. The number of carboxylic acids is 1. The van der Waals surface area contributed by atoms with Crippen molar-refractivity contribution in [3.8, 4) is 0 Å². The van der Waals surface area contributed by atoms with Gasteiger partial charge in [-0.1, -0.05) is 48.0 Å². The largest absolute Gasteiger partial charge is 0.478 e. The molecular formula is C26H23ClN2O3. The number of aromatic carboxylic acids is 1. The first-order chi connectivity index (χ1) is 15.3. The molecule has 1 heterocycles. The third-order valence-electron chi connectivity index (χ3n) is 5.61. The van der Waals surface area contributed by atoms with E-state index in [9.17, 15) is 9.59 Å². The van der Waals surface area contributed by atoms with Crippen LogP contribution in [-0.2, 0) is 6.54 Å². The number of hydrogen-bond donors (Lipinski definition) is 2. The minimum absolute atomic E-state index is 0.180. The van der Waals surface area contributed by atoms with E-state index in [2.05, 4.69) is 16.1 Å². The summed E-state index contributed by atoms with van der Waals surface area (Å²) >= 11 is 6.01. The number of carbonyl (C=O) groups is 2. The van der Waals surface area contributed by atoms with Gasteiger partial charge in [0, 0.05) is 23.2 Å². The first-order valence-corrected chi connectivity index (χ1v) is 10.7. The highest BCUT2D eigenvalue weighted by molar-refractivity contribution is 6.30. The zero-order valence-corrected chi connectivity index (χ0v) is 18.6. The number of carboxylic acid groups (broad SMARTS) is 1. The van der Waals surface area contributed by atoms with E-state index in [0.29, 0.717) is 17.1 Å². The molecule has 162 valence electrons. The number of rotatable bonds is 6. The zero-order valence-electron chi connectivity index (χ0n) is 17.8. The molecule has 1 aromatic heterocycles. The highest BCUT2D eigenvalue weighted by Crippen LogP contribution is 2.26. The van der Waals surface area contributed by atoms with Gasteiger partial charge in [-0.05, 0) is 60.9 Å². The van der Waals surface area contributed by atoms with Crippen molar-refractivity contribution in [2.75, 3.05) is 0 Å². The number of benzene rings is 3. The van der Waals surface area contributed by atoms with Crippen molar-refractivity contribution < 1.29 is 14.7 Å². The second-order valence-electron chi connectivity index (χ2n) is 7.89. The lowest BCUT2D eigenvalue weighted by molar-refractivity contribution is 0.0696. The number of aryl methyl sites for hydroxylation is 1. The van der Waals surface area contributed by atoms with Gasteiger partial charge >= 0.3 is 5.97 Å². The summed E-state index contributed by atoms with van der Waals surface area (Å²) in [6, 6.07) is 19.7. The number of amides is 1. The minimum atomic E-state index is -0.975. The minimum Gasteiger partial charge on any atom is -0.478 e. The maximum atomic E-state index is 13.2. The number of nitrogens with zero attached hydrogens (tertiary/aromatic N) is 1. The first-order valence-electron chi connectivity index (χ1n) is 10.3. The Kier molecular flexibility index (Phi) is 6.01. The fraction of sp³-hybridized carbons (Fsp3) is 0.154. The second kappa shape index (κ2) is 8.89. The molecule has 0 fully saturated rings. The van der Waals surface area contributed by atoms with Crippen LogP contribution in [0, 0.1) is 6.92 Å². The predicted octanol–water partition coefficient (Wildman–Crippen LogP) is 5.84. The van der Waals surface area contributed by atoms with Crippen LogP contribution in [0.15, 0.2) is 72.9 Å². The van der Waals surface area contributed by atoms with Crippen molar-refractivity contribution in [2.24, 2.45) is 0 Å². The molecule has 4 aromatic rings. The van der Waals surface area contributed by atoms with Gasteiger partial charge in [0.15, 0.2) is 0 Å². The molecule has 0 spiro atoms. The highest BCUT2D eigenvalue weighted by Gasteiger charge is 2.18. The van der Waals surface area contributed by atoms with Crippen molar-refractivity contribution in [1.29, 1.82) is 0 Å². The quantitative estimate of drug-likeness (QED) is 0.390. The highest BCUT2D eigenvalue weighted by atomic mass is 35.5. The van der Waals surface area contributed by atoms with E-state index in [-0.39, 0.29) is 17.5 Å². The molecule has 4 rings (SSSR count). The first kappa shape index (κ1) is 21.7. The maximum Gasteiger partial charge on any atom is 0.335 e. The van der Waals surface area contributed by atoms with Crippen LogP contribution >= 0.6 is 11.6 Å². The normalized spacial score (nSPS) is 12.0. The summed E-state index contributed by atoms with van der Waals surface area (Å²) < 4.78 is 2.09. The summed E-state index contributed by atoms with van der Waals surface area (Å²) in [6.45, 7) is 4.54. The molecule has 0 saturated carbocycles. The molecule has 32 heavy (non-hydrogen) atoms. The van der Waals surface area contributed by atoms with Gasteiger partial charge in [-0.3, -0.25) is 4.79 Å². The van der Waals surface area contributed by atoms with Gasteiger partial charge in [0.05, 0.1) is 22.7 Å². The van der Waals surface area contributed by atoms with Gasteiger partial charge in [-0.2, -0.15) is 0 Å². The standard InChI is InChI=1S/C26H23ClN2O3/c1-16-14-29(15-18-6-12-21(27)13-7-18)24-22(16)4-3-5-23(24)25(30)28-17(2)19-8-10-20(11-9-19)26(31)32/h3-14,17H,15H2,1-2H3,(H,28,30)(H,31,32)/t17-/m0/s1. The van der Waals surface area contributed by atoms with Gasteiger partial charge in [0.25, 0.3) is 5.91 Å². The molecule has 0 unspecified atom stereocenters. The van der Waals surface area contributed by atoms with Gasteiger partial charge in [-0.15, -0.1) is 0 Å². The fourth-order valence-corrected chi connectivity index (χ4v) is 4.03. The Balaban J connectivity index is 1.63. The van der Waals surface area contributed by atoms with E-state index in [1.54, 1.807) is 24.3 Å². The molecule has 0 aliphatic heterocycles. The van der Waals surface area contributed by atoms with E-state index in [0.717, 1.165) is 27.6 Å². The summed E-state index contributed by atoms with van der Waals surface area (Å²) in [4.78, 5) is 24.3. The molecular weight excluding hydrogens is 424 g/mol. The lowest BCUT2D eigenvalue weighted by Crippen LogP contribution is -2.27. The third kappa shape index (κ3) is 4.39. The molecule has 3 aromatic carbocycles. The molecule has 0 bridgehead atoms. The Hall–Kier alpha value is -3.57. The van der Waals surface area contributed by atoms with Crippen molar-refractivity contribution in [3.63, 3.8) is 0 Å². The summed E-state index contributed by atoms with van der Waals surface area (Å²) in [5.41, 5.74) is 4.72. The molecule has 6 heteroatoms. The molecule has 1 amide bonds. The molecule has 0 radical (unpaired) electrons. The van der Waals surface area contributed by atoms with Crippen molar-refractivity contribution >= 4 is 34.4 Å². The van der Waals surface area contributed by atoms with Crippen LogP contribution in [0.1, 0.15) is 50.4 Å². The Morgan fingerprint density at radius 3 is 2.38 bits per heavy atom. The molecule has 0 saturated heterocycles. The van der Waals surface area contributed by atoms with Gasteiger partial charge in [-0.25, -0.2) is 4.79 Å². The monoisotopic (exact) mass is 446 g/mol. The van der Waals surface area contributed by atoms with Crippen LogP contribution in [0.4, 0.5) is 0 Å². The lowest BCUT2D eigenvalue weighted by Gasteiger charge is -2.16. The van der Waals surface area contributed by atoms with Gasteiger partial charge < -0.3 is 15.0 Å². The van der Waals surface area contributed by atoms with E-state index in [1.165, 1.54) is 0 Å². The van der Waals surface area contributed by atoms with Gasteiger partial charge in [0.2, 0.25) is 0 Å². The Morgan fingerprint density at radius 1 is 1.03 bits per heavy atom. The van der Waals surface area contributed by atoms with Crippen LogP contribution in [0.5, 0.6) is 0 Å². The average molecular weight is 447 g/mol. The predicted molar refractivity (Wildman–Crippen MR) is 127 cm³/mol. The van der Waals surface area contributed by atoms with E-state index >= 15 is 0 Å². The zero-order chi connectivity index (χ0) is 22.8. The second-order valence-corrected chi connectivity index (χ2v) is 8.33. The molecule has 5 nitrogen and oxygen atoms in total. The van der Waals surface area contributed by atoms with E-state index in [1.807, 2.05) is 56.3 Å². The smallest absolute Gasteiger partial charge is 0.335 e. The number of fused-ring (bicyclic) bond motifs is 1. The van der Waals surface area contributed by atoms with Crippen LogP contribution in [0.2, 0.25) is 5.02 Å². The van der Waals surface area contributed by atoms with Crippen molar-refractivity contribution in [2.45, 2.75) is 26.4 Å². The van der Waals surface area contributed by atoms with Crippen LogP contribution in [0.3, 0.4) is 0 Å². The molecule has 2 N–H and O–H groups in total. The SMILES string of the molecule is Cc1cn(Cc2ccc(Cl)cc2)c2c(C(=O)N[C@@H](C)c3ccc(C(=O)O)cc3)cccc12. The van der Waals surface area contributed by atoms with Crippen LogP contribution in [-0.4, -0.2) is 21.6 Å². The molecule has 1 atom stereocenters. The number of carbonyl (C=O) groups excluding carboxylic acids is 1. The van der Waals surface area contributed by atoms with Crippen molar-refractivity contribution in [3.05, 3.63) is 106 Å².